The van der Waals surface area contributed by atoms with E-state index in [1.807, 2.05) is 28.8 Å². The van der Waals surface area contributed by atoms with Crippen molar-refractivity contribution in [1.29, 1.82) is 0 Å². The van der Waals surface area contributed by atoms with E-state index in [4.69, 9.17) is 4.74 Å². The van der Waals surface area contributed by atoms with Crippen LogP contribution in [0.4, 0.5) is 0 Å². The monoisotopic (exact) mass is 507 g/mol. The van der Waals surface area contributed by atoms with Crippen molar-refractivity contribution < 1.29 is 19.1 Å². The van der Waals surface area contributed by atoms with Gasteiger partial charge in [-0.25, -0.2) is 9.97 Å². The largest absolute Gasteiger partial charge is 0.375 e. The highest BCUT2D eigenvalue weighted by Gasteiger charge is 2.42. The second-order valence-electron chi connectivity index (χ2n) is 10.0. The lowest BCUT2D eigenvalue weighted by Gasteiger charge is -2.46. The predicted molar refractivity (Wildman–Crippen MR) is 135 cm³/mol. The minimum absolute atomic E-state index is 0.0193. The zero-order valence-corrected chi connectivity index (χ0v) is 21.0. The first-order chi connectivity index (χ1) is 17.9. The highest BCUT2D eigenvalue weighted by Crippen LogP contribution is 2.35. The number of fused-ring (bicyclic) bond motifs is 1. The molecule has 11 heteroatoms. The molecule has 0 saturated carbocycles. The maximum Gasteiger partial charge on any atom is 0.245 e. The second kappa shape index (κ2) is 10.7. The number of para-hydroxylation sites is 2. The fraction of sp³-hybridized carbons (Fsp3) is 0.500. The lowest BCUT2D eigenvalue weighted by molar-refractivity contribution is -0.148. The molecule has 2 saturated heterocycles. The van der Waals surface area contributed by atoms with E-state index in [2.05, 4.69) is 25.6 Å². The van der Waals surface area contributed by atoms with Gasteiger partial charge in [0.05, 0.1) is 29.3 Å². The van der Waals surface area contributed by atoms with Crippen molar-refractivity contribution in [3.05, 3.63) is 48.8 Å². The van der Waals surface area contributed by atoms with Gasteiger partial charge in [0.25, 0.3) is 0 Å². The summed E-state index contributed by atoms with van der Waals surface area (Å²) in [6.07, 6.45) is 8.13. The summed E-state index contributed by atoms with van der Waals surface area (Å²) in [4.78, 5) is 51.0. The van der Waals surface area contributed by atoms with Gasteiger partial charge in [-0.2, -0.15) is 0 Å². The topological polar surface area (TPSA) is 134 Å². The third-order valence-electron chi connectivity index (χ3n) is 7.34. The molecule has 11 nitrogen and oxygen atoms in total. The highest BCUT2D eigenvalue weighted by molar-refractivity contribution is 5.87. The number of aromatic amines is 1. The Labute approximate surface area is 215 Å². The molecule has 2 fully saturated rings. The van der Waals surface area contributed by atoms with Gasteiger partial charge in [-0.1, -0.05) is 12.1 Å². The van der Waals surface area contributed by atoms with Crippen LogP contribution in [0.25, 0.3) is 11.0 Å². The maximum absolute atomic E-state index is 13.3. The number of likely N-dealkylation sites (tertiary alicyclic amines) is 1. The van der Waals surface area contributed by atoms with E-state index in [1.165, 1.54) is 6.92 Å². The Morgan fingerprint density at radius 2 is 2.05 bits per heavy atom. The minimum atomic E-state index is -0.648. The molecule has 1 unspecified atom stereocenters. The molecule has 0 radical (unpaired) electrons. The quantitative estimate of drug-likeness (QED) is 0.439. The van der Waals surface area contributed by atoms with E-state index < -0.39 is 6.04 Å². The molecule has 1 spiro atoms. The standard InChI is InChI=1S/C26H33N7O4/c1-18(34)30-22(12-20-14-27-16-28-20)25(36)32-9-7-26(8-10-32)13-19(6-11-37-26)31-24(35)15-33-17-29-21-4-2-3-5-23(21)33/h2-5,14,16-17,19,22H,6-13,15H2,1H3,(H,27,28)(H,30,34)(H,31,35)/t19?,22-/m1/s1. The smallest absolute Gasteiger partial charge is 0.245 e. The summed E-state index contributed by atoms with van der Waals surface area (Å²) in [7, 11) is 0. The maximum atomic E-state index is 13.3. The van der Waals surface area contributed by atoms with Gasteiger partial charge in [0.1, 0.15) is 12.6 Å². The molecule has 4 heterocycles. The molecule has 2 aliphatic heterocycles. The van der Waals surface area contributed by atoms with Crippen LogP contribution in [-0.4, -0.2) is 79.5 Å². The third kappa shape index (κ3) is 5.82. The van der Waals surface area contributed by atoms with Crippen LogP contribution in [0.2, 0.25) is 0 Å². The molecule has 2 aliphatic rings. The van der Waals surface area contributed by atoms with E-state index in [1.54, 1.807) is 23.8 Å². The predicted octanol–water partition coefficient (Wildman–Crippen LogP) is 1.16. The van der Waals surface area contributed by atoms with Gasteiger partial charge in [0.2, 0.25) is 17.7 Å². The van der Waals surface area contributed by atoms with Crippen LogP contribution in [0.15, 0.2) is 43.1 Å². The summed E-state index contributed by atoms with van der Waals surface area (Å²) >= 11 is 0. The number of H-pyrrole nitrogens is 1. The Bertz CT molecular complexity index is 1250. The van der Waals surface area contributed by atoms with Crippen molar-refractivity contribution in [2.45, 2.75) is 63.3 Å². The fourth-order valence-corrected chi connectivity index (χ4v) is 5.48. The number of hydrogen-bond acceptors (Lipinski definition) is 6. The number of amides is 3. The summed E-state index contributed by atoms with van der Waals surface area (Å²) < 4.78 is 8.09. The zero-order chi connectivity index (χ0) is 25.8. The van der Waals surface area contributed by atoms with Crippen molar-refractivity contribution in [3.8, 4) is 0 Å². The Kier molecular flexibility index (Phi) is 7.22. The average molecular weight is 508 g/mol. The minimum Gasteiger partial charge on any atom is -0.375 e. The van der Waals surface area contributed by atoms with Crippen molar-refractivity contribution in [1.82, 2.24) is 35.1 Å². The van der Waals surface area contributed by atoms with E-state index in [-0.39, 0.29) is 35.9 Å². The van der Waals surface area contributed by atoms with E-state index in [0.29, 0.717) is 45.4 Å². The van der Waals surface area contributed by atoms with Crippen molar-refractivity contribution in [3.63, 3.8) is 0 Å². The molecule has 37 heavy (non-hydrogen) atoms. The number of rotatable bonds is 7. The normalized spacial score (nSPS) is 20.0. The Balaban J connectivity index is 1.15. The van der Waals surface area contributed by atoms with Crippen LogP contribution in [0.5, 0.6) is 0 Å². The third-order valence-corrected chi connectivity index (χ3v) is 7.34. The van der Waals surface area contributed by atoms with E-state index >= 15 is 0 Å². The van der Waals surface area contributed by atoms with Gasteiger partial charge in [0.15, 0.2) is 0 Å². The van der Waals surface area contributed by atoms with E-state index in [0.717, 1.165) is 23.1 Å². The van der Waals surface area contributed by atoms with Gasteiger partial charge in [0, 0.05) is 51.0 Å². The van der Waals surface area contributed by atoms with Crippen molar-refractivity contribution in [2.24, 2.45) is 0 Å². The van der Waals surface area contributed by atoms with Crippen LogP contribution >= 0.6 is 0 Å². The first-order valence-electron chi connectivity index (χ1n) is 12.8. The number of ether oxygens (including phenoxy) is 1. The number of piperidine rings is 1. The number of nitrogens with zero attached hydrogens (tertiary/aromatic N) is 4. The Hall–Kier alpha value is -3.73. The molecular formula is C26H33N7O4. The molecule has 196 valence electrons. The van der Waals surface area contributed by atoms with Gasteiger partial charge in [-0.05, 0) is 37.8 Å². The molecule has 3 N–H and O–H groups in total. The van der Waals surface area contributed by atoms with Crippen LogP contribution in [0.1, 0.15) is 38.3 Å². The van der Waals surface area contributed by atoms with Gasteiger partial charge in [-0.3, -0.25) is 14.4 Å². The second-order valence-corrected chi connectivity index (χ2v) is 10.0. The SMILES string of the molecule is CC(=O)N[C@H](Cc1cnc[nH]1)C(=O)N1CCC2(CC1)CC(NC(=O)Cn1cnc3ccccc31)CCO2. The lowest BCUT2D eigenvalue weighted by Crippen LogP contribution is -2.57. The molecule has 2 atom stereocenters. The summed E-state index contributed by atoms with van der Waals surface area (Å²) in [5, 5.41) is 5.97. The number of imidazole rings is 2. The molecule has 5 rings (SSSR count). The van der Waals surface area contributed by atoms with Crippen molar-refractivity contribution >= 4 is 28.8 Å². The molecular weight excluding hydrogens is 474 g/mol. The summed E-state index contributed by atoms with van der Waals surface area (Å²) in [5.41, 5.74) is 2.23. The Morgan fingerprint density at radius 1 is 1.24 bits per heavy atom. The van der Waals surface area contributed by atoms with E-state index in [9.17, 15) is 14.4 Å². The summed E-state index contributed by atoms with van der Waals surface area (Å²) in [6, 6.07) is 7.13. The highest BCUT2D eigenvalue weighted by atomic mass is 16.5. The first-order valence-corrected chi connectivity index (χ1v) is 12.8. The summed E-state index contributed by atoms with van der Waals surface area (Å²) in [5.74, 6) is -0.396. The first kappa shape index (κ1) is 24.9. The molecule has 3 amide bonds. The lowest BCUT2D eigenvalue weighted by atomic mass is 9.82. The van der Waals surface area contributed by atoms with Gasteiger partial charge in [-0.15, -0.1) is 0 Å². The van der Waals surface area contributed by atoms with Crippen LogP contribution in [0, 0.1) is 0 Å². The number of carbonyl (C=O) groups is 3. The zero-order valence-electron chi connectivity index (χ0n) is 21.0. The number of carbonyl (C=O) groups excluding carboxylic acids is 3. The number of benzene rings is 1. The van der Waals surface area contributed by atoms with Crippen molar-refractivity contribution in [2.75, 3.05) is 19.7 Å². The molecule has 0 bridgehead atoms. The van der Waals surface area contributed by atoms with Crippen LogP contribution < -0.4 is 10.6 Å². The van der Waals surface area contributed by atoms with Gasteiger partial charge >= 0.3 is 0 Å². The van der Waals surface area contributed by atoms with Gasteiger partial charge < -0.3 is 29.8 Å². The average Bonchev–Trinajstić information content (AvgIpc) is 3.54. The molecule has 0 aliphatic carbocycles. The Morgan fingerprint density at radius 3 is 2.81 bits per heavy atom. The number of hydrogen-bond donors (Lipinski definition) is 3. The number of aromatic nitrogens is 4. The van der Waals surface area contributed by atoms with Crippen LogP contribution in [-0.2, 0) is 32.1 Å². The van der Waals surface area contributed by atoms with Crippen LogP contribution in [0.3, 0.4) is 0 Å². The molecule has 3 aromatic rings. The molecule has 1 aromatic carbocycles. The number of nitrogens with one attached hydrogen (secondary N) is 3. The molecule has 2 aromatic heterocycles. The summed E-state index contributed by atoms with van der Waals surface area (Å²) in [6.45, 7) is 3.28. The fourth-order valence-electron chi connectivity index (χ4n) is 5.48.